The number of rotatable bonds is 31. The Labute approximate surface area is 271 Å². The monoisotopic (exact) mass is 614 g/mol. The van der Waals surface area contributed by atoms with Crippen LogP contribution in [0.1, 0.15) is 155 Å². The molecule has 1 N–H and O–H groups in total. The van der Waals surface area contributed by atoms with Crippen molar-refractivity contribution in [2.24, 2.45) is 0 Å². The highest BCUT2D eigenvalue weighted by Crippen LogP contribution is 2.09. The van der Waals surface area contributed by atoms with Crippen LogP contribution in [-0.4, -0.2) is 36.4 Å². The molecule has 0 bridgehead atoms. The van der Waals surface area contributed by atoms with E-state index in [-0.39, 0.29) is 25.2 Å². The summed E-state index contributed by atoms with van der Waals surface area (Å²) in [5.41, 5.74) is 0. The third kappa shape index (κ3) is 34.1. The van der Waals surface area contributed by atoms with Crippen molar-refractivity contribution in [1.29, 1.82) is 0 Å². The van der Waals surface area contributed by atoms with E-state index in [9.17, 15) is 14.7 Å². The molecule has 0 rings (SSSR count). The minimum atomic E-state index is -0.988. The fourth-order valence-corrected chi connectivity index (χ4v) is 4.48. The number of esters is 2. The quantitative estimate of drug-likeness (QED) is 0.0478. The van der Waals surface area contributed by atoms with Crippen molar-refractivity contribution in [1.82, 2.24) is 0 Å². The summed E-state index contributed by atoms with van der Waals surface area (Å²) in [6.07, 6.45) is 44.1. The van der Waals surface area contributed by atoms with Crippen molar-refractivity contribution in [3.8, 4) is 0 Å². The lowest BCUT2D eigenvalue weighted by molar-refractivity contribution is -0.152. The van der Waals surface area contributed by atoms with E-state index in [2.05, 4.69) is 74.6 Å². The lowest BCUT2D eigenvalue weighted by atomic mass is 10.1. The Balaban J connectivity index is 3.58. The standard InChI is InChI=1S/C39H66O5/c1-3-5-7-9-11-13-15-16-17-18-19-20-21-22-24-26-28-30-32-34-39(42)44-36-37(40)35-43-38(41)33-31-29-27-25-23-14-12-10-8-6-4-2/h11,13,16-17,19-20,22,24-25,27,37,40H,3-10,12,14-15,18,21,23,26,28-36H2,1-2H3/b13-11-,17-16-,20-19-,24-22-,27-25-/t37-/m1/s1. The number of aliphatic hydroxyl groups excluding tert-OH is 1. The van der Waals surface area contributed by atoms with Gasteiger partial charge >= 0.3 is 11.9 Å². The molecule has 0 saturated heterocycles. The molecule has 0 aliphatic heterocycles. The molecule has 0 radical (unpaired) electrons. The van der Waals surface area contributed by atoms with Crippen molar-refractivity contribution in [3.05, 3.63) is 60.8 Å². The Morgan fingerprint density at radius 1 is 0.477 bits per heavy atom. The minimum absolute atomic E-state index is 0.143. The second kappa shape index (κ2) is 35.1. The molecule has 0 spiro atoms. The van der Waals surface area contributed by atoms with E-state index in [1.807, 2.05) is 0 Å². The van der Waals surface area contributed by atoms with Gasteiger partial charge in [-0.15, -0.1) is 0 Å². The average Bonchev–Trinajstić information content (AvgIpc) is 3.02. The highest BCUT2D eigenvalue weighted by Gasteiger charge is 2.11. The predicted molar refractivity (Wildman–Crippen MR) is 187 cm³/mol. The topological polar surface area (TPSA) is 72.8 Å². The molecule has 0 aliphatic carbocycles. The summed E-state index contributed by atoms with van der Waals surface area (Å²) < 4.78 is 10.2. The maximum atomic E-state index is 11.9. The third-order valence-corrected chi connectivity index (χ3v) is 7.23. The Bertz CT molecular complexity index is 792. The molecular weight excluding hydrogens is 548 g/mol. The van der Waals surface area contributed by atoms with Crippen LogP contribution in [0.5, 0.6) is 0 Å². The second-order valence-electron chi connectivity index (χ2n) is 11.6. The van der Waals surface area contributed by atoms with Gasteiger partial charge in [-0.2, -0.15) is 0 Å². The number of ether oxygens (including phenoxy) is 2. The van der Waals surface area contributed by atoms with E-state index in [4.69, 9.17) is 9.47 Å². The Morgan fingerprint density at radius 2 is 0.818 bits per heavy atom. The van der Waals surface area contributed by atoms with E-state index in [0.29, 0.717) is 12.8 Å². The molecule has 252 valence electrons. The first-order chi connectivity index (χ1) is 21.6. The number of aliphatic hydroxyl groups is 1. The van der Waals surface area contributed by atoms with E-state index in [1.54, 1.807) is 0 Å². The summed E-state index contributed by atoms with van der Waals surface area (Å²) in [5, 5.41) is 9.96. The number of allylic oxidation sites excluding steroid dienone is 10. The maximum Gasteiger partial charge on any atom is 0.305 e. The van der Waals surface area contributed by atoms with E-state index >= 15 is 0 Å². The van der Waals surface area contributed by atoms with Gasteiger partial charge in [0, 0.05) is 12.8 Å². The highest BCUT2D eigenvalue weighted by atomic mass is 16.6. The Morgan fingerprint density at radius 3 is 1.34 bits per heavy atom. The van der Waals surface area contributed by atoms with Crippen molar-refractivity contribution < 1.29 is 24.2 Å². The summed E-state index contributed by atoms with van der Waals surface area (Å²) in [5.74, 6) is -0.644. The molecule has 0 amide bonds. The van der Waals surface area contributed by atoms with Crippen LogP contribution >= 0.6 is 0 Å². The van der Waals surface area contributed by atoms with Crippen LogP contribution < -0.4 is 0 Å². The average molecular weight is 615 g/mol. The summed E-state index contributed by atoms with van der Waals surface area (Å²) in [4.78, 5) is 23.8. The summed E-state index contributed by atoms with van der Waals surface area (Å²) in [6.45, 7) is 4.18. The molecular formula is C39H66O5. The van der Waals surface area contributed by atoms with Crippen molar-refractivity contribution in [3.63, 3.8) is 0 Å². The molecule has 0 heterocycles. The van der Waals surface area contributed by atoms with Gasteiger partial charge in [0.2, 0.25) is 0 Å². The van der Waals surface area contributed by atoms with Crippen LogP contribution in [0, 0.1) is 0 Å². The molecule has 1 atom stereocenters. The molecule has 5 nitrogen and oxygen atoms in total. The van der Waals surface area contributed by atoms with Crippen LogP contribution in [0.2, 0.25) is 0 Å². The van der Waals surface area contributed by atoms with Crippen molar-refractivity contribution in [2.45, 2.75) is 161 Å². The van der Waals surface area contributed by atoms with Gasteiger partial charge in [-0.1, -0.05) is 126 Å². The predicted octanol–water partition coefficient (Wildman–Crippen LogP) is 10.8. The van der Waals surface area contributed by atoms with Gasteiger partial charge < -0.3 is 14.6 Å². The number of unbranched alkanes of at least 4 members (excludes halogenated alkanes) is 13. The van der Waals surface area contributed by atoms with Crippen molar-refractivity contribution in [2.75, 3.05) is 13.2 Å². The first kappa shape index (κ1) is 41.6. The molecule has 0 aromatic carbocycles. The highest BCUT2D eigenvalue weighted by molar-refractivity contribution is 5.69. The van der Waals surface area contributed by atoms with Crippen LogP contribution in [-0.2, 0) is 19.1 Å². The lowest BCUT2D eigenvalue weighted by Crippen LogP contribution is -2.25. The fourth-order valence-electron chi connectivity index (χ4n) is 4.48. The molecule has 0 fully saturated rings. The van der Waals surface area contributed by atoms with Gasteiger partial charge in [-0.05, 0) is 77.0 Å². The molecule has 44 heavy (non-hydrogen) atoms. The third-order valence-electron chi connectivity index (χ3n) is 7.23. The Hall–Kier alpha value is -2.40. The maximum absolute atomic E-state index is 11.9. The van der Waals surface area contributed by atoms with Crippen molar-refractivity contribution >= 4 is 11.9 Å². The zero-order valence-electron chi connectivity index (χ0n) is 28.4. The van der Waals surface area contributed by atoms with Gasteiger partial charge in [0.05, 0.1) is 0 Å². The molecule has 0 saturated carbocycles. The van der Waals surface area contributed by atoms with Crippen LogP contribution in [0.3, 0.4) is 0 Å². The van der Waals surface area contributed by atoms with E-state index in [0.717, 1.165) is 64.2 Å². The zero-order chi connectivity index (χ0) is 32.2. The normalized spacial score (nSPS) is 12.9. The van der Waals surface area contributed by atoms with Crippen LogP contribution in [0.4, 0.5) is 0 Å². The second-order valence-corrected chi connectivity index (χ2v) is 11.6. The van der Waals surface area contributed by atoms with E-state index < -0.39 is 6.10 Å². The first-order valence-corrected chi connectivity index (χ1v) is 17.8. The largest absolute Gasteiger partial charge is 0.463 e. The van der Waals surface area contributed by atoms with Gasteiger partial charge in [0.25, 0.3) is 0 Å². The lowest BCUT2D eigenvalue weighted by Gasteiger charge is -2.12. The molecule has 0 aliphatic rings. The SMILES string of the molecule is CCCCC/C=C\C/C=C\C/C=C\C/C=C\CCCCCC(=O)OC[C@H](O)COC(=O)CCC/C=C\CCCCCCCC. The van der Waals surface area contributed by atoms with Crippen LogP contribution in [0.25, 0.3) is 0 Å². The zero-order valence-corrected chi connectivity index (χ0v) is 28.4. The number of carbonyl (C=O) groups is 2. The first-order valence-electron chi connectivity index (χ1n) is 17.8. The molecule has 0 aromatic heterocycles. The van der Waals surface area contributed by atoms with E-state index in [1.165, 1.54) is 64.2 Å². The number of hydrogen-bond donors (Lipinski definition) is 1. The number of hydrogen-bond acceptors (Lipinski definition) is 5. The van der Waals surface area contributed by atoms with Gasteiger partial charge in [-0.3, -0.25) is 9.59 Å². The number of carbonyl (C=O) groups excluding carboxylic acids is 2. The molecule has 5 heteroatoms. The minimum Gasteiger partial charge on any atom is -0.463 e. The summed E-state index contributed by atoms with van der Waals surface area (Å²) in [7, 11) is 0. The smallest absolute Gasteiger partial charge is 0.305 e. The summed E-state index contributed by atoms with van der Waals surface area (Å²) >= 11 is 0. The fraction of sp³-hybridized carbons (Fsp3) is 0.692. The van der Waals surface area contributed by atoms with Crippen LogP contribution in [0.15, 0.2) is 60.8 Å². The Kier molecular flexibility index (Phi) is 33.2. The van der Waals surface area contributed by atoms with Gasteiger partial charge in [-0.25, -0.2) is 0 Å². The summed E-state index contributed by atoms with van der Waals surface area (Å²) in [6, 6.07) is 0. The van der Waals surface area contributed by atoms with Gasteiger partial charge in [0.1, 0.15) is 19.3 Å². The molecule has 0 unspecified atom stereocenters. The molecule has 0 aromatic rings. The van der Waals surface area contributed by atoms with Gasteiger partial charge in [0.15, 0.2) is 0 Å².